The van der Waals surface area contributed by atoms with Crippen LogP contribution in [0.15, 0.2) is 145 Å². The summed E-state index contributed by atoms with van der Waals surface area (Å²) in [6, 6.07) is 38.9. The van der Waals surface area contributed by atoms with Gasteiger partial charge in [-0.1, -0.05) is 109 Å². The van der Waals surface area contributed by atoms with E-state index in [1.165, 1.54) is 54.2 Å². The van der Waals surface area contributed by atoms with Crippen molar-refractivity contribution in [2.24, 2.45) is 4.99 Å². The molecular formula is C40H32N4. The van der Waals surface area contributed by atoms with Crippen molar-refractivity contribution in [2.45, 2.75) is 25.2 Å². The fourth-order valence-corrected chi connectivity index (χ4v) is 6.82. The zero-order chi connectivity index (χ0) is 29.6. The molecule has 6 aromatic rings. The fraction of sp³-hybridized carbons (Fsp3) is 0.100. The van der Waals surface area contributed by atoms with Crippen LogP contribution in [0.4, 0.5) is 0 Å². The minimum absolute atomic E-state index is 0.0823. The van der Waals surface area contributed by atoms with Crippen LogP contribution in [0.1, 0.15) is 24.1 Å². The van der Waals surface area contributed by atoms with Crippen LogP contribution in [0.25, 0.3) is 48.8 Å². The zero-order valence-electron chi connectivity index (χ0n) is 24.5. The number of hydrogen-bond acceptors (Lipinski definition) is 4. The quantitative estimate of drug-likeness (QED) is 0.144. The highest BCUT2D eigenvalue weighted by Gasteiger charge is 2.30. The molecule has 0 aromatic heterocycles. The summed E-state index contributed by atoms with van der Waals surface area (Å²) < 4.78 is 0. The molecule has 0 radical (unpaired) electrons. The van der Waals surface area contributed by atoms with Gasteiger partial charge in [-0.25, -0.2) is 0 Å². The van der Waals surface area contributed by atoms with E-state index in [2.05, 4.69) is 132 Å². The van der Waals surface area contributed by atoms with Gasteiger partial charge in [-0.3, -0.25) is 10.3 Å². The lowest BCUT2D eigenvalue weighted by molar-refractivity contribution is 0.517. The molecule has 2 heterocycles. The van der Waals surface area contributed by atoms with Crippen LogP contribution in [0.5, 0.6) is 0 Å². The Morgan fingerprint density at radius 1 is 0.727 bits per heavy atom. The molecular weight excluding hydrogens is 536 g/mol. The molecule has 0 fully saturated rings. The van der Waals surface area contributed by atoms with Gasteiger partial charge in [0.25, 0.3) is 0 Å². The Hall–Kier alpha value is -5.32. The Balaban J connectivity index is 1.33. The lowest BCUT2D eigenvalue weighted by atomic mass is 9.90. The molecule has 3 atom stereocenters. The van der Waals surface area contributed by atoms with Crippen molar-refractivity contribution < 1.29 is 0 Å². The predicted octanol–water partition coefficient (Wildman–Crippen LogP) is 8.88. The second-order valence-electron chi connectivity index (χ2n) is 11.5. The molecule has 0 spiro atoms. The first-order valence-corrected chi connectivity index (χ1v) is 15.2. The average Bonchev–Trinajstić information content (AvgIpc) is 3.58. The Labute approximate surface area is 256 Å². The zero-order valence-corrected chi connectivity index (χ0v) is 24.5. The first-order valence-electron chi connectivity index (χ1n) is 15.2. The smallest absolute Gasteiger partial charge is 0.121 e. The van der Waals surface area contributed by atoms with Gasteiger partial charge in [0, 0.05) is 11.3 Å². The van der Waals surface area contributed by atoms with Gasteiger partial charge in [0.2, 0.25) is 0 Å². The minimum atomic E-state index is -0.277. The highest BCUT2D eigenvalue weighted by Crippen LogP contribution is 2.37. The van der Waals surface area contributed by atoms with Gasteiger partial charge >= 0.3 is 0 Å². The van der Waals surface area contributed by atoms with Gasteiger partial charge in [0.15, 0.2) is 0 Å². The van der Waals surface area contributed by atoms with Crippen molar-refractivity contribution in [3.63, 3.8) is 0 Å². The molecule has 0 saturated heterocycles. The Morgan fingerprint density at radius 3 is 2.02 bits per heavy atom. The Bertz CT molecular complexity index is 2240. The third kappa shape index (κ3) is 4.43. The van der Waals surface area contributed by atoms with Gasteiger partial charge < -0.3 is 10.7 Å². The molecule has 212 valence electrons. The molecule has 3 N–H and O–H groups in total. The Kier molecular flexibility index (Phi) is 6.43. The lowest BCUT2D eigenvalue weighted by Gasteiger charge is -2.34. The largest absolute Gasteiger partial charge is 0.364 e. The maximum atomic E-state index is 8.47. The van der Waals surface area contributed by atoms with Crippen LogP contribution < -0.4 is 10.6 Å². The third-order valence-corrected chi connectivity index (χ3v) is 8.87. The van der Waals surface area contributed by atoms with E-state index in [-0.39, 0.29) is 18.2 Å². The number of nitrogens with zero attached hydrogens (tertiary/aromatic N) is 1. The van der Waals surface area contributed by atoms with Crippen molar-refractivity contribution in [2.75, 3.05) is 0 Å². The molecule has 0 amide bonds. The molecule has 3 unspecified atom stereocenters. The van der Waals surface area contributed by atoms with E-state index >= 15 is 0 Å². The molecule has 2 aliphatic heterocycles. The van der Waals surface area contributed by atoms with E-state index < -0.39 is 0 Å². The third-order valence-electron chi connectivity index (χ3n) is 8.87. The Morgan fingerprint density at radius 2 is 1.32 bits per heavy atom. The first kappa shape index (κ1) is 26.3. The van der Waals surface area contributed by atoms with Gasteiger partial charge in [0.1, 0.15) is 12.2 Å². The van der Waals surface area contributed by atoms with Gasteiger partial charge in [-0.05, 0) is 85.9 Å². The molecule has 2 aliphatic rings. The van der Waals surface area contributed by atoms with Crippen molar-refractivity contribution in [1.82, 2.24) is 10.6 Å². The van der Waals surface area contributed by atoms with Crippen LogP contribution >= 0.6 is 0 Å². The van der Waals surface area contributed by atoms with Crippen molar-refractivity contribution in [1.29, 1.82) is 5.41 Å². The van der Waals surface area contributed by atoms with Crippen LogP contribution in [0, 0.1) is 5.41 Å². The van der Waals surface area contributed by atoms with Gasteiger partial charge in [-0.15, -0.1) is 0 Å². The SMILES string of the molecule is C/C=C\C(=N)C1C=CC(C2NC(c3cc4ccccc4c4ccccc34)=CC(c3cc4ccccc4c4ccccc34)N2)=N1. The van der Waals surface area contributed by atoms with Crippen molar-refractivity contribution >= 4 is 60.2 Å². The van der Waals surface area contributed by atoms with E-state index in [1.807, 2.05) is 25.2 Å². The fourth-order valence-electron chi connectivity index (χ4n) is 6.82. The van der Waals surface area contributed by atoms with Crippen molar-refractivity contribution in [3.05, 3.63) is 151 Å². The molecule has 4 heteroatoms. The molecule has 6 aromatic carbocycles. The predicted molar refractivity (Wildman–Crippen MR) is 187 cm³/mol. The first-order chi connectivity index (χ1) is 21.7. The standard InChI is InChI=1S/C40H32N4/c1-2-11-35(41)36-20-21-37(42-36)40-43-38(33-22-25-12-3-5-14-27(25)29-16-7-9-18-31(29)33)24-39(44-40)34-23-26-13-4-6-15-28(26)30-17-8-10-19-32(30)34/h2-24,36,38,40-41,43-44H,1H3/b11-2-,41-35?. The number of hydrogen-bond donors (Lipinski definition) is 3. The molecule has 44 heavy (non-hydrogen) atoms. The van der Waals surface area contributed by atoms with E-state index in [0.717, 1.165) is 11.4 Å². The summed E-state index contributed by atoms with van der Waals surface area (Å²) in [5.74, 6) is 0. The summed E-state index contributed by atoms with van der Waals surface area (Å²) in [5.41, 5.74) is 4.86. The summed E-state index contributed by atoms with van der Waals surface area (Å²) in [5, 5.41) is 26.1. The van der Waals surface area contributed by atoms with E-state index in [0.29, 0.717) is 5.71 Å². The summed E-state index contributed by atoms with van der Waals surface area (Å²) >= 11 is 0. The second kappa shape index (κ2) is 10.7. The summed E-state index contributed by atoms with van der Waals surface area (Å²) in [6.07, 6.45) is 9.89. The summed E-state index contributed by atoms with van der Waals surface area (Å²) in [6.45, 7) is 1.94. The topological polar surface area (TPSA) is 60.3 Å². The van der Waals surface area contributed by atoms with Crippen LogP contribution in [-0.4, -0.2) is 23.6 Å². The number of rotatable bonds is 5. The van der Waals surface area contributed by atoms with Crippen molar-refractivity contribution in [3.8, 4) is 0 Å². The molecule has 0 saturated carbocycles. The van der Waals surface area contributed by atoms with Crippen LogP contribution in [0.3, 0.4) is 0 Å². The number of allylic oxidation sites excluding steroid dienone is 1. The summed E-state index contributed by atoms with van der Waals surface area (Å²) in [4.78, 5) is 4.99. The van der Waals surface area contributed by atoms with E-state index in [9.17, 15) is 0 Å². The van der Waals surface area contributed by atoms with Crippen LogP contribution in [-0.2, 0) is 0 Å². The lowest BCUT2D eigenvalue weighted by Crippen LogP contribution is -2.51. The maximum absolute atomic E-state index is 8.47. The monoisotopic (exact) mass is 568 g/mol. The highest BCUT2D eigenvalue weighted by molar-refractivity contribution is 6.13. The maximum Gasteiger partial charge on any atom is 0.121 e. The molecule has 0 bridgehead atoms. The second-order valence-corrected chi connectivity index (χ2v) is 11.5. The molecule has 4 nitrogen and oxygen atoms in total. The number of benzene rings is 6. The normalized spacial score (nSPS) is 20.0. The van der Waals surface area contributed by atoms with Crippen LogP contribution in [0.2, 0.25) is 0 Å². The summed E-state index contributed by atoms with van der Waals surface area (Å²) in [7, 11) is 0. The minimum Gasteiger partial charge on any atom is -0.364 e. The number of aliphatic imine (C=N–C) groups is 1. The van der Waals surface area contributed by atoms with Gasteiger partial charge in [0.05, 0.1) is 17.5 Å². The van der Waals surface area contributed by atoms with E-state index in [1.54, 1.807) is 0 Å². The average molecular weight is 569 g/mol. The number of nitrogens with one attached hydrogen (secondary N) is 3. The highest BCUT2D eigenvalue weighted by atomic mass is 15.2. The number of fused-ring (bicyclic) bond motifs is 6. The molecule has 8 rings (SSSR count). The molecule has 0 aliphatic carbocycles. The van der Waals surface area contributed by atoms with E-state index in [4.69, 9.17) is 10.4 Å². The van der Waals surface area contributed by atoms with Gasteiger partial charge in [-0.2, -0.15) is 0 Å².